The number of hydrogen-bond acceptors (Lipinski definition) is 3. The van der Waals surface area contributed by atoms with Gasteiger partial charge in [-0.05, 0) is 37.9 Å². The molecule has 1 N–H and O–H groups in total. The first-order chi connectivity index (χ1) is 7.33. The van der Waals surface area contributed by atoms with Crippen molar-refractivity contribution in [2.75, 3.05) is 20.3 Å². The summed E-state index contributed by atoms with van der Waals surface area (Å²) < 4.78 is 5.85. The van der Waals surface area contributed by atoms with E-state index in [1.165, 1.54) is 17.7 Å². The fourth-order valence-corrected chi connectivity index (χ4v) is 2.39. The van der Waals surface area contributed by atoms with E-state index in [9.17, 15) is 0 Å². The normalized spacial score (nSPS) is 10.8. The molecule has 0 fully saturated rings. The Labute approximate surface area is 101 Å². The van der Waals surface area contributed by atoms with Gasteiger partial charge >= 0.3 is 0 Å². The summed E-state index contributed by atoms with van der Waals surface area (Å²) in [5.74, 6) is 0. The van der Waals surface area contributed by atoms with Crippen molar-refractivity contribution in [3.63, 3.8) is 0 Å². The van der Waals surface area contributed by atoms with Crippen LogP contribution in [-0.2, 0) is 11.3 Å². The third kappa shape index (κ3) is 6.15. The third-order valence-corrected chi connectivity index (χ3v) is 3.36. The van der Waals surface area contributed by atoms with Crippen molar-refractivity contribution < 1.29 is 4.74 Å². The first kappa shape index (κ1) is 13.0. The number of thiophene rings is 1. The molecule has 0 atom stereocenters. The Kier molecular flexibility index (Phi) is 7.01. The first-order valence-electron chi connectivity index (χ1n) is 5.27. The first-order valence-corrected chi connectivity index (χ1v) is 6.46. The average molecular weight is 248 g/mol. The van der Waals surface area contributed by atoms with Crippen molar-refractivity contribution in [2.45, 2.75) is 25.8 Å². The van der Waals surface area contributed by atoms with E-state index >= 15 is 0 Å². The Morgan fingerprint density at radius 3 is 2.87 bits per heavy atom. The van der Waals surface area contributed by atoms with Crippen molar-refractivity contribution in [2.24, 2.45) is 0 Å². The van der Waals surface area contributed by atoms with Crippen LogP contribution in [0.15, 0.2) is 12.1 Å². The molecular weight excluding hydrogens is 230 g/mol. The lowest BCUT2D eigenvalue weighted by atomic mass is 10.2. The second kappa shape index (κ2) is 8.11. The summed E-state index contributed by atoms with van der Waals surface area (Å²) in [6.07, 6.45) is 3.59. The minimum Gasteiger partial charge on any atom is -0.385 e. The van der Waals surface area contributed by atoms with Crippen molar-refractivity contribution in [1.82, 2.24) is 5.32 Å². The van der Waals surface area contributed by atoms with E-state index in [0.29, 0.717) is 0 Å². The molecule has 1 aromatic heterocycles. The quantitative estimate of drug-likeness (QED) is 0.712. The van der Waals surface area contributed by atoms with Crippen molar-refractivity contribution in [1.29, 1.82) is 0 Å². The van der Waals surface area contributed by atoms with Crippen LogP contribution in [-0.4, -0.2) is 20.3 Å². The van der Waals surface area contributed by atoms with Crippen LogP contribution < -0.4 is 5.32 Å². The number of hydrogen-bond donors (Lipinski definition) is 1. The van der Waals surface area contributed by atoms with Gasteiger partial charge in [0.2, 0.25) is 0 Å². The molecule has 0 aliphatic rings. The summed E-state index contributed by atoms with van der Waals surface area (Å²) in [5, 5.41) is 3.40. The van der Waals surface area contributed by atoms with Gasteiger partial charge in [0.25, 0.3) is 0 Å². The zero-order valence-corrected chi connectivity index (χ0v) is 10.7. The molecule has 1 aromatic rings. The molecule has 1 rings (SSSR count). The highest BCUT2D eigenvalue weighted by atomic mass is 35.5. The average Bonchev–Trinajstić information content (AvgIpc) is 2.63. The van der Waals surface area contributed by atoms with Gasteiger partial charge < -0.3 is 10.1 Å². The molecule has 1 heterocycles. The predicted molar refractivity (Wildman–Crippen MR) is 66.8 cm³/mol. The standard InChI is InChI=1S/C11H18ClNOS/c1-14-8-4-2-3-7-13-9-10-5-6-11(12)15-10/h5-6,13H,2-4,7-9H2,1H3. The van der Waals surface area contributed by atoms with Gasteiger partial charge in [-0.1, -0.05) is 11.6 Å². The van der Waals surface area contributed by atoms with Crippen LogP contribution in [0.5, 0.6) is 0 Å². The lowest BCUT2D eigenvalue weighted by molar-refractivity contribution is 0.192. The molecule has 4 heteroatoms. The van der Waals surface area contributed by atoms with Gasteiger partial charge in [-0.2, -0.15) is 0 Å². The number of methoxy groups -OCH3 is 1. The highest BCUT2D eigenvalue weighted by Gasteiger charge is 1.96. The van der Waals surface area contributed by atoms with Gasteiger partial charge in [-0.15, -0.1) is 11.3 Å². The summed E-state index contributed by atoms with van der Waals surface area (Å²) in [4.78, 5) is 1.30. The third-order valence-electron chi connectivity index (χ3n) is 2.13. The molecule has 0 aliphatic carbocycles. The molecule has 0 radical (unpaired) electrons. The van der Waals surface area contributed by atoms with Gasteiger partial charge in [0.15, 0.2) is 0 Å². The Hall–Kier alpha value is -0.0900. The summed E-state index contributed by atoms with van der Waals surface area (Å²) in [5.41, 5.74) is 0. The minimum absolute atomic E-state index is 0.867. The molecule has 0 spiro atoms. The minimum atomic E-state index is 0.867. The molecule has 0 bridgehead atoms. The molecule has 0 amide bonds. The molecule has 86 valence electrons. The SMILES string of the molecule is COCCCCCNCc1ccc(Cl)s1. The number of halogens is 1. The second-order valence-corrected chi connectivity index (χ2v) is 5.24. The Morgan fingerprint density at radius 2 is 2.20 bits per heavy atom. The predicted octanol–water partition coefficient (Wildman–Crippen LogP) is 3.31. The van der Waals surface area contributed by atoms with E-state index < -0.39 is 0 Å². The van der Waals surface area contributed by atoms with Crippen molar-refractivity contribution >= 4 is 22.9 Å². The van der Waals surface area contributed by atoms with Crippen LogP contribution in [0.1, 0.15) is 24.1 Å². The molecule has 0 saturated heterocycles. The maximum Gasteiger partial charge on any atom is 0.0931 e. The number of ether oxygens (including phenoxy) is 1. The zero-order chi connectivity index (χ0) is 10.9. The number of rotatable bonds is 8. The van der Waals surface area contributed by atoms with E-state index in [2.05, 4.69) is 11.4 Å². The Balaban J connectivity index is 1.93. The van der Waals surface area contributed by atoms with Gasteiger partial charge in [0, 0.05) is 25.1 Å². The fourth-order valence-electron chi connectivity index (χ4n) is 1.33. The maximum absolute atomic E-state index is 5.83. The molecule has 0 aromatic carbocycles. The van der Waals surface area contributed by atoms with E-state index in [0.717, 1.165) is 30.5 Å². The largest absolute Gasteiger partial charge is 0.385 e. The summed E-state index contributed by atoms with van der Waals surface area (Å²) in [7, 11) is 1.75. The molecule has 2 nitrogen and oxygen atoms in total. The van der Waals surface area contributed by atoms with Crippen LogP contribution in [0.3, 0.4) is 0 Å². The van der Waals surface area contributed by atoms with E-state index in [1.54, 1.807) is 18.4 Å². The van der Waals surface area contributed by atoms with Gasteiger partial charge in [0.1, 0.15) is 0 Å². The summed E-state index contributed by atoms with van der Waals surface area (Å²) in [6.45, 7) is 2.88. The van der Waals surface area contributed by atoms with Crippen LogP contribution in [0.2, 0.25) is 4.34 Å². The lowest BCUT2D eigenvalue weighted by Crippen LogP contribution is -2.13. The van der Waals surface area contributed by atoms with Crippen molar-refractivity contribution in [3.05, 3.63) is 21.3 Å². The van der Waals surface area contributed by atoms with Crippen LogP contribution in [0, 0.1) is 0 Å². The van der Waals surface area contributed by atoms with Crippen LogP contribution in [0.25, 0.3) is 0 Å². The van der Waals surface area contributed by atoms with Gasteiger partial charge in [-0.25, -0.2) is 0 Å². The lowest BCUT2D eigenvalue weighted by Gasteiger charge is -2.02. The topological polar surface area (TPSA) is 21.3 Å². The molecule has 0 unspecified atom stereocenters. The van der Waals surface area contributed by atoms with Crippen molar-refractivity contribution in [3.8, 4) is 0 Å². The van der Waals surface area contributed by atoms with Crippen LogP contribution >= 0.6 is 22.9 Å². The van der Waals surface area contributed by atoms with Gasteiger partial charge in [-0.3, -0.25) is 0 Å². The smallest absolute Gasteiger partial charge is 0.0931 e. The molecule has 15 heavy (non-hydrogen) atoms. The number of nitrogens with one attached hydrogen (secondary N) is 1. The summed E-state index contributed by atoms with van der Waals surface area (Å²) >= 11 is 7.48. The maximum atomic E-state index is 5.83. The summed E-state index contributed by atoms with van der Waals surface area (Å²) in [6, 6.07) is 4.02. The zero-order valence-electron chi connectivity index (χ0n) is 9.09. The van der Waals surface area contributed by atoms with E-state index in [4.69, 9.17) is 16.3 Å². The molecule has 0 saturated carbocycles. The Bertz CT molecular complexity index is 265. The molecular formula is C11H18ClNOS. The monoisotopic (exact) mass is 247 g/mol. The van der Waals surface area contributed by atoms with E-state index in [-0.39, 0.29) is 0 Å². The number of unbranched alkanes of at least 4 members (excludes halogenated alkanes) is 2. The second-order valence-electron chi connectivity index (χ2n) is 3.44. The fraction of sp³-hybridized carbons (Fsp3) is 0.636. The van der Waals surface area contributed by atoms with E-state index in [1.807, 2.05) is 6.07 Å². The molecule has 0 aliphatic heterocycles. The highest BCUT2D eigenvalue weighted by Crippen LogP contribution is 2.20. The Morgan fingerprint density at radius 1 is 1.33 bits per heavy atom. The van der Waals surface area contributed by atoms with Crippen LogP contribution in [0.4, 0.5) is 0 Å². The highest BCUT2D eigenvalue weighted by molar-refractivity contribution is 7.16. The van der Waals surface area contributed by atoms with Gasteiger partial charge in [0.05, 0.1) is 4.34 Å².